The fourth-order valence-electron chi connectivity index (χ4n) is 2.93. The molecule has 2 rings (SSSR count). The Hall–Kier alpha value is -0.340. The average molecular weight is 311 g/mol. The number of ether oxygens (including phenoxy) is 1. The van der Waals surface area contributed by atoms with Crippen LogP contribution in [0.5, 0.6) is 0 Å². The first-order valence-electron chi connectivity index (χ1n) is 6.72. The van der Waals surface area contributed by atoms with E-state index in [4.69, 9.17) is 4.74 Å². The first-order chi connectivity index (χ1) is 8.37. The van der Waals surface area contributed by atoms with Gasteiger partial charge in [0, 0.05) is 6.61 Å². The summed E-state index contributed by atoms with van der Waals surface area (Å²) in [6.07, 6.45) is 2.30. The van der Waals surface area contributed by atoms with Crippen molar-refractivity contribution < 1.29 is 4.74 Å². The summed E-state index contributed by atoms with van der Waals surface area (Å²) in [6.45, 7) is 12.0. The molecule has 0 radical (unpaired) electrons. The van der Waals surface area contributed by atoms with Crippen molar-refractivity contribution in [3.05, 3.63) is 33.9 Å². The Morgan fingerprint density at radius 3 is 2.17 bits per heavy atom. The van der Waals surface area contributed by atoms with Crippen LogP contribution >= 0.6 is 15.9 Å². The maximum Gasteiger partial charge on any atom is 0.0820 e. The molecule has 0 aliphatic carbocycles. The Kier molecular flexibility index (Phi) is 3.89. The van der Waals surface area contributed by atoms with Gasteiger partial charge in [-0.05, 0) is 75.3 Å². The highest BCUT2D eigenvalue weighted by Gasteiger charge is 2.39. The van der Waals surface area contributed by atoms with Gasteiger partial charge in [-0.25, -0.2) is 0 Å². The van der Waals surface area contributed by atoms with Crippen LogP contribution in [0.3, 0.4) is 0 Å². The Morgan fingerprint density at radius 2 is 1.72 bits per heavy atom. The third-order valence-electron chi connectivity index (χ3n) is 4.46. The van der Waals surface area contributed by atoms with Crippen molar-refractivity contribution >= 4 is 15.9 Å². The zero-order valence-electron chi connectivity index (χ0n) is 12.1. The maximum absolute atomic E-state index is 6.00. The summed E-state index contributed by atoms with van der Waals surface area (Å²) >= 11 is 3.91. The molecule has 100 valence electrons. The maximum atomic E-state index is 6.00. The summed E-state index contributed by atoms with van der Waals surface area (Å²) in [7, 11) is 0. The van der Waals surface area contributed by atoms with Crippen LogP contribution in [0.4, 0.5) is 0 Å². The van der Waals surface area contributed by atoms with Crippen LogP contribution in [0.2, 0.25) is 0 Å². The van der Waals surface area contributed by atoms with Crippen molar-refractivity contribution in [2.24, 2.45) is 0 Å². The van der Waals surface area contributed by atoms with Crippen LogP contribution < -0.4 is 0 Å². The second-order valence-electron chi connectivity index (χ2n) is 5.80. The van der Waals surface area contributed by atoms with E-state index in [0.717, 1.165) is 13.0 Å². The molecule has 0 aromatic heterocycles. The van der Waals surface area contributed by atoms with E-state index in [2.05, 4.69) is 56.6 Å². The molecule has 1 saturated heterocycles. The van der Waals surface area contributed by atoms with Crippen molar-refractivity contribution in [2.45, 2.75) is 57.9 Å². The Balaban J connectivity index is 2.50. The van der Waals surface area contributed by atoms with E-state index in [-0.39, 0.29) is 10.4 Å². The summed E-state index contributed by atoms with van der Waals surface area (Å²) in [5.41, 5.74) is 6.92. The lowest BCUT2D eigenvalue weighted by Crippen LogP contribution is -2.29. The third-order valence-corrected chi connectivity index (χ3v) is 5.89. The van der Waals surface area contributed by atoms with Crippen molar-refractivity contribution in [1.82, 2.24) is 0 Å². The molecular formula is C16H23BrO. The molecule has 1 nitrogen and oxygen atoms in total. The normalized spacial score (nSPS) is 25.4. The van der Waals surface area contributed by atoms with Crippen LogP contribution in [0.1, 0.15) is 52.4 Å². The van der Waals surface area contributed by atoms with Gasteiger partial charge >= 0.3 is 0 Å². The minimum absolute atomic E-state index is 0.0598. The van der Waals surface area contributed by atoms with Gasteiger partial charge in [0.05, 0.1) is 10.4 Å². The molecule has 2 heteroatoms. The zero-order chi connectivity index (χ0) is 13.5. The van der Waals surface area contributed by atoms with Crippen molar-refractivity contribution in [3.63, 3.8) is 0 Å². The van der Waals surface area contributed by atoms with Gasteiger partial charge in [0.15, 0.2) is 0 Å². The van der Waals surface area contributed by atoms with Crippen LogP contribution in [0.15, 0.2) is 6.07 Å². The highest BCUT2D eigenvalue weighted by atomic mass is 79.9. The van der Waals surface area contributed by atoms with Crippen LogP contribution in [0, 0.1) is 27.7 Å². The molecule has 1 aliphatic rings. The highest BCUT2D eigenvalue weighted by Crippen LogP contribution is 2.45. The van der Waals surface area contributed by atoms with E-state index in [1.54, 1.807) is 0 Å². The summed E-state index contributed by atoms with van der Waals surface area (Å²) in [4.78, 5) is 0.283. The fourth-order valence-corrected chi connectivity index (χ4v) is 3.98. The molecule has 0 spiro atoms. The van der Waals surface area contributed by atoms with Gasteiger partial charge in [0.1, 0.15) is 0 Å². The molecule has 0 bridgehead atoms. The van der Waals surface area contributed by atoms with Crippen molar-refractivity contribution in [3.8, 4) is 0 Å². The monoisotopic (exact) mass is 310 g/mol. The van der Waals surface area contributed by atoms with Gasteiger partial charge in [-0.3, -0.25) is 0 Å². The van der Waals surface area contributed by atoms with Gasteiger partial charge in [-0.2, -0.15) is 0 Å². The number of halogens is 1. The topological polar surface area (TPSA) is 9.23 Å². The highest BCUT2D eigenvalue weighted by molar-refractivity contribution is 9.09. The van der Waals surface area contributed by atoms with Gasteiger partial charge in [0.25, 0.3) is 0 Å². The fraction of sp³-hybridized carbons (Fsp3) is 0.625. The molecule has 1 fully saturated rings. The van der Waals surface area contributed by atoms with Crippen molar-refractivity contribution in [1.29, 1.82) is 0 Å². The third kappa shape index (κ3) is 2.25. The predicted molar refractivity (Wildman–Crippen MR) is 80.6 cm³/mol. The molecular weight excluding hydrogens is 288 g/mol. The number of hydrogen-bond acceptors (Lipinski definition) is 1. The predicted octanol–water partition coefficient (Wildman–Crippen LogP) is 4.93. The van der Waals surface area contributed by atoms with E-state index < -0.39 is 0 Å². The summed E-state index contributed by atoms with van der Waals surface area (Å²) in [5, 5.41) is 0. The van der Waals surface area contributed by atoms with Gasteiger partial charge in [-0.15, -0.1) is 0 Å². The number of rotatable bonds is 2. The van der Waals surface area contributed by atoms with Crippen LogP contribution in [-0.4, -0.2) is 12.2 Å². The lowest BCUT2D eigenvalue weighted by molar-refractivity contribution is 0.0195. The van der Waals surface area contributed by atoms with E-state index in [1.165, 1.54) is 34.2 Å². The van der Waals surface area contributed by atoms with E-state index in [1.807, 2.05) is 0 Å². The molecule has 18 heavy (non-hydrogen) atoms. The summed E-state index contributed by atoms with van der Waals surface area (Å²) < 4.78 is 6.00. The minimum Gasteiger partial charge on any atom is -0.374 e. The van der Waals surface area contributed by atoms with Crippen LogP contribution in [-0.2, 0) is 4.74 Å². The van der Waals surface area contributed by atoms with Crippen molar-refractivity contribution in [2.75, 3.05) is 6.61 Å². The second-order valence-corrected chi connectivity index (χ2v) is 6.72. The number of aryl methyl sites for hydroxylation is 2. The molecule has 1 aromatic carbocycles. The standard InChI is InChI=1S/C16H23BrO/c1-10-9-11(2)13(4)14(12(10)3)15(17)16(5)7-6-8-18-16/h9,15H,6-8H2,1-5H3. The Morgan fingerprint density at radius 1 is 1.17 bits per heavy atom. The zero-order valence-corrected chi connectivity index (χ0v) is 13.6. The molecule has 0 N–H and O–H groups in total. The molecule has 0 amide bonds. The molecule has 2 unspecified atom stereocenters. The Labute approximate surface area is 119 Å². The Bertz CT molecular complexity index is 432. The number of alkyl halides is 1. The lowest BCUT2D eigenvalue weighted by Gasteiger charge is -2.32. The minimum atomic E-state index is -0.0598. The molecule has 0 saturated carbocycles. The second kappa shape index (κ2) is 4.97. The van der Waals surface area contributed by atoms with E-state index in [9.17, 15) is 0 Å². The first kappa shape index (κ1) is 14.1. The smallest absolute Gasteiger partial charge is 0.0820 e. The van der Waals surface area contributed by atoms with Gasteiger partial charge in [0.2, 0.25) is 0 Å². The van der Waals surface area contributed by atoms with Crippen LogP contribution in [0.25, 0.3) is 0 Å². The lowest BCUT2D eigenvalue weighted by atomic mass is 9.85. The number of hydrogen-bond donors (Lipinski definition) is 0. The SMILES string of the molecule is Cc1cc(C)c(C)c(C(Br)C2(C)CCCO2)c1C. The first-order valence-corrected chi connectivity index (χ1v) is 7.63. The van der Waals surface area contributed by atoms with Gasteiger partial charge < -0.3 is 4.74 Å². The van der Waals surface area contributed by atoms with Gasteiger partial charge in [-0.1, -0.05) is 22.0 Å². The summed E-state index contributed by atoms with van der Waals surface area (Å²) in [6, 6.07) is 2.28. The quantitative estimate of drug-likeness (QED) is 0.704. The molecule has 2 atom stereocenters. The molecule has 1 heterocycles. The molecule has 1 aromatic rings. The largest absolute Gasteiger partial charge is 0.374 e. The van der Waals surface area contributed by atoms with E-state index >= 15 is 0 Å². The number of benzene rings is 1. The summed E-state index contributed by atoms with van der Waals surface area (Å²) in [5.74, 6) is 0. The molecule has 1 aliphatic heterocycles. The average Bonchev–Trinajstić information content (AvgIpc) is 2.75. The van der Waals surface area contributed by atoms with E-state index in [0.29, 0.717) is 0 Å².